The number of benzene rings is 1. The molecular weight excluding hydrogens is 310 g/mol. The van der Waals surface area contributed by atoms with E-state index in [1.807, 2.05) is 39.2 Å². The minimum absolute atomic E-state index is 0.0626. The summed E-state index contributed by atoms with van der Waals surface area (Å²) in [4.78, 5) is 14.9. The topological polar surface area (TPSA) is 47.4 Å². The van der Waals surface area contributed by atoms with Gasteiger partial charge in [-0.2, -0.15) is 5.10 Å². The maximum Gasteiger partial charge on any atom is 0.255 e. The summed E-state index contributed by atoms with van der Waals surface area (Å²) in [6.45, 7) is 1.75. The van der Waals surface area contributed by atoms with Crippen molar-refractivity contribution in [2.75, 3.05) is 20.3 Å². The van der Waals surface area contributed by atoms with Crippen molar-refractivity contribution in [3.05, 3.63) is 53.2 Å². The number of hydrogen-bond acceptors (Lipinski definition) is 4. The standard InChI is InChI=1S/C17H17N3O2S/c1-22-10-13-9-19(8-12-6-7-18-20(12)13)17(21)15-11-23-16-5-3-2-4-14(15)16/h2-7,11,13H,8-10H2,1H3/t13-/m1/s1. The van der Waals surface area contributed by atoms with Gasteiger partial charge in [0, 0.05) is 35.3 Å². The highest BCUT2D eigenvalue weighted by atomic mass is 32.1. The molecule has 0 bridgehead atoms. The number of aromatic nitrogens is 2. The van der Waals surface area contributed by atoms with Crippen LogP contribution in [0, 0.1) is 0 Å². The minimum Gasteiger partial charge on any atom is -0.382 e. The van der Waals surface area contributed by atoms with E-state index in [0.29, 0.717) is 19.7 Å². The third-order valence-electron chi connectivity index (χ3n) is 4.24. The molecular formula is C17H17N3O2S. The first kappa shape index (κ1) is 14.4. The normalized spacial score (nSPS) is 17.4. The van der Waals surface area contributed by atoms with Gasteiger partial charge in [-0.25, -0.2) is 0 Å². The zero-order valence-corrected chi connectivity index (χ0v) is 13.6. The summed E-state index contributed by atoms with van der Waals surface area (Å²) in [6.07, 6.45) is 1.78. The molecule has 1 aliphatic heterocycles. The molecule has 0 saturated heterocycles. The minimum atomic E-state index is 0.0626. The molecule has 1 aromatic carbocycles. The number of rotatable bonds is 3. The van der Waals surface area contributed by atoms with Gasteiger partial charge in [-0.15, -0.1) is 11.3 Å². The Hall–Kier alpha value is -2.18. The molecule has 118 valence electrons. The van der Waals surface area contributed by atoms with Gasteiger partial charge < -0.3 is 9.64 Å². The van der Waals surface area contributed by atoms with Gasteiger partial charge in [0.05, 0.1) is 30.5 Å². The van der Waals surface area contributed by atoms with E-state index in [1.54, 1.807) is 24.6 Å². The number of nitrogens with zero attached hydrogens (tertiary/aromatic N) is 3. The van der Waals surface area contributed by atoms with Crippen molar-refractivity contribution in [1.82, 2.24) is 14.7 Å². The molecule has 3 aromatic rings. The Bertz CT molecular complexity index is 854. The molecule has 0 N–H and O–H groups in total. The molecule has 0 aliphatic carbocycles. The molecule has 5 nitrogen and oxygen atoms in total. The van der Waals surface area contributed by atoms with Crippen molar-refractivity contribution < 1.29 is 9.53 Å². The van der Waals surface area contributed by atoms with Crippen LogP contribution < -0.4 is 0 Å². The smallest absolute Gasteiger partial charge is 0.255 e. The molecule has 0 spiro atoms. The van der Waals surface area contributed by atoms with Crippen LogP contribution >= 0.6 is 11.3 Å². The number of hydrogen-bond donors (Lipinski definition) is 0. The van der Waals surface area contributed by atoms with Gasteiger partial charge in [0.25, 0.3) is 5.91 Å². The highest BCUT2D eigenvalue weighted by molar-refractivity contribution is 7.17. The molecule has 2 aromatic heterocycles. The van der Waals surface area contributed by atoms with Crippen molar-refractivity contribution in [1.29, 1.82) is 0 Å². The second-order valence-corrected chi connectivity index (χ2v) is 6.62. The van der Waals surface area contributed by atoms with Crippen LogP contribution in [0.5, 0.6) is 0 Å². The number of amides is 1. The third-order valence-corrected chi connectivity index (χ3v) is 5.20. The van der Waals surface area contributed by atoms with Gasteiger partial charge in [-0.3, -0.25) is 9.48 Å². The number of fused-ring (bicyclic) bond motifs is 2. The summed E-state index contributed by atoms with van der Waals surface area (Å²) < 4.78 is 8.42. The van der Waals surface area contributed by atoms with Gasteiger partial charge in [-0.1, -0.05) is 18.2 Å². The lowest BCUT2D eigenvalue weighted by molar-refractivity contribution is 0.0581. The zero-order chi connectivity index (χ0) is 15.8. The van der Waals surface area contributed by atoms with Crippen LogP contribution in [0.25, 0.3) is 10.1 Å². The van der Waals surface area contributed by atoms with E-state index >= 15 is 0 Å². The van der Waals surface area contributed by atoms with Crippen LogP contribution in [0.4, 0.5) is 0 Å². The van der Waals surface area contributed by atoms with E-state index in [-0.39, 0.29) is 11.9 Å². The van der Waals surface area contributed by atoms with E-state index in [4.69, 9.17) is 4.74 Å². The van der Waals surface area contributed by atoms with Gasteiger partial charge in [-0.05, 0) is 12.1 Å². The molecule has 4 rings (SSSR count). The number of carbonyl (C=O) groups excluding carboxylic acids is 1. The molecule has 3 heterocycles. The lowest BCUT2D eigenvalue weighted by Gasteiger charge is -2.33. The number of carbonyl (C=O) groups is 1. The summed E-state index contributed by atoms with van der Waals surface area (Å²) in [5, 5.41) is 7.36. The van der Waals surface area contributed by atoms with Crippen LogP contribution in [-0.2, 0) is 11.3 Å². The summed E-state index contributed by atoms with van der Waals surface area (Å²) >= 11 is 1.61. The van der Waals surface area contributed by atoms with Crippen molar-refractivity contribution in [2.24, 2.45) is 0 Å². The Morgan fingerprint density at radius 2 is 2.26 bits per heavy atom. The van der Waals surface area contributed by atoms with Crippen molar-refractivity contribution in [3.63, 3.8) is 0 Å². The summed E-state index contributed by atoms with van der Waals surface area (Å²) in [7, 11) is 1.68. The van der Waals surface area contributed by atoms with Crippen LogP contribution in [-0.4, -0.2) is 40.8 Å². The second-order valence-electron chi connectivity index (χ2n) is 5.71. The fourth-order valence-electron chi connectivity index (χ4n) is 3.17. The molecule has 0 unspecified atom stereocenters. The Balaban J connectivity index is 1.67. The Labute approximate surface area is 138 Å². The number of methoxy groups -OCH3 is 1. The summed E-state index contributed by atoms with van der Waals surface area (Å²) in [5.41, 5.74) is 1.83. The lowest BCUT2D eigenvalue weighted by atomic mass is 10.1. The third kappa shape index (κ3) is 2.44. The monoisotopic (exact) mass is 327 g/mol. The number of ether oxygens (including phenoxy) is 1. The lowest BCUT2D eigenvalue weighted by Crippen LogP contribution is -2.42. The van der Waals surface area contributed by atoms with E-state index in [0.717, 1.165) is 21.3 Å². The fraction of sp³-hybridized carbons (Fsp3) is 0.294. The first-order valence-electron chi connectivity index (χ1n) is 7.55. The Kier molecular flexibility index (Phi) is 3.63. The highest BCUT2D eigenvalue weighted by Gasteiger charge is 2.29. The molecule has 0 saturated carbocycles. The van der Waals surface area contributed by atoms with Crippen molar-refractivity contribution in [2.45, 2.75) is 12.6 Å². The van der Waals surface area contributed by atoms with E-state index in [9.17, 15) is 4.79 Å². The van der Waals surface area contributed by atoms with Gasteiger partial charge in [0.15, 0.2) is 0 Å². The van der Waals surface area contributed by atoms with Gasteiger partial charge in [0.2, 0.25) is 0 Å². The number of thiophene rings is 1. The second kappa shape index (κ2) is 5.79. The molecule has 1 atom stereocenters. The molecule has 0 radical (unpaired) electrons. The predicted molar refractivity (Wildman–Crippen MR) is 89.7 cm³/mol. The maximum absolute atomic E-state index is 13.0. The molecule has 1 amide bonds. The van der Waals surface area contributed by atoms with Gasteiger partial charge in [0.1, 0.15) is 0 Å². The first-order valence-corrected chi connectivity index (χ1v) is 8.42. The first-order chi connectivity index (χ1) is 11.3. The summed E-state index contributed by atoms with van der Waals surface area (Å²) in [6, 6.07) is 10.1. The van der Waals surface area contributed by atoms with Crippen LogP contribution in [0.3, 0.4) is 0 Å². The Morgan fingerprint density at radius 1 is 1.39 bits per heavy atom. The van der Waals surface area contributed by atoms with Crippen LogP contribution in [0.2, 0.25) is 0 Å². The fourth-order valence-corrected chi connectivity index (χ4v) is 4.11. The maximum atomic E-state index is 13.0. The molecule has 0 fully saturated rings. The highest BCUT2D eigenvalue weighted by Crippen LogP contribution is 2.29. The van der Waals surface area contributed by atoms with Gasteiger partial charge >= 0.3 is 0 Å². The Morgan fingerprint density at radius 3 is 3.13 bits per heavy atom. The average Bonchev–Trinajstić information content (AvgIpc) is 3.21. The quantitative estimate of drug-likeness (QED) is 0.743. The average molecular weight is 327 g/mol. The SMILES string of the molecule is COC[C@H]1CN(C(=O)c2csc3ccccc23)Cc2ccnn21. The predicted octanol–water partition coefficient (Wildman–Crippen LogP) is 2.94. The van der Waals surface area contributed by atoms with Crippen molar-refractivity contribution >= 4 is 27.3 Å². The van der Waals surface area contributed by atoms with E-state index in [1.165, 1.54) is 0 Å². The largest absolute Gasteiger partial charge is 0.382 e. The van der Waals surface area contributed by atoms with E-state index in [2.05, 4.69) is 11.2 Å². The summed E-state index contributed by atoms with van der Waals surface area (Å²) in [5.74, 6) is 0.0796. The molecule has 6 heteroatoms. The van der Waals surface area contributed by atoms with Crippen molar-refractivity contribution in [3.8, 4) is 0 Å². The van der Waals surface area contributed by atoms with E-state index < -0.39 is 0 Å². The zero-order valence-electron chi connectivity index (χ0n) is 12.8. The van der Waals surface area contributed by atoms with Crippen LogP contribution in [0.15, 0.2) is 41.9 Å². The molecule has 23 heavy (non-hydrogen) atoms. The van der Waals surface area contributed by atoms with Crippen LogP contribution in [0.1, 0.15) is 22.1 Å². The molecule has 1 aliphatic rings.